The Hall–Kier alpha value is -5.23. The van der Waals surface area contributed by atoms with Crippen LogP contribution in [-0.2, 0) is 43.4 Å². The summed E-state index contributed by atoms with van der Waals surface area (Å²) in [5.41, 5.74) is 2.30. The zero-order valence-electron chi connectivity index (χ0n) is 27.1. The average molecular weight is 661 g/mol. The van der Waals surface area contributed by atoms with Crippen LogP contribution < -0.4 is 21.3 Å². The number of aliphatic carboxylic acids is 2. The highest BCUT2D eigenvalue weighted by Crippen LogP contribution is 2.10. The van der Waals surface area contributed by atoms with Crippen molar-refractivity contribution in [3.63, 3.8) is 0 Å². The largest absolute Gasteiger partial charge is 0.480 e. The molecule has 12 nitrogen and oxygen atoms in total. The van der Waals surface area contributed by atoms with Crippen LogP contribution in [0.5, 0.6) is 0 Å². The molecule has 4 atom stereocenters. The number of nitrogens with one attached hydrogen (secondary N) is 4. The van der Waals surface area contributed by atoms with Crippen LogP contribution in [-0.4, -0.2) is 70.8 Å². The third-order valence-corrected chi connectivity index (χ3v) is 7.46. The van der Waals surface area contributed by atoms with Gasteiger partial charge in [-0.05, 0) is 35.4 Å². The molecule has 0 fully saturated rings. The smallest absolute Gasteiger partial charge is 0.408 e. The molecule has 3 rings (SSSR count). The highest BCUT2D eigenvalue weighted by molar-refractivity contribution is 5.88. The molecule has 0 aliphatic heterocycles. The van der Waals surface area contributed by atoms with Crippen LogP contribution in [0.4, 0.5) is 4.79 Å². The van der Waals surface area contributed by atoms with E-state index in [0.717, 1.165) is 16.7 Å². The Kier molecular flexibility index (Phi) is 15.1. The Bertz CT molecular complexity index is 1470. The number of hydrogen-bond acceptors (Lipinski definition) is 7. The minimum absolute atomic E-state index is 0.0168. The van der Waals surface area contributed by atoms with Crippen molar-refractivity contribution >= 4 is 29.8 Å². The van der Waals surface area contributed by atoms with E-state index >= 15 is 0 Å². The normalized spacial score (nSPS) is 13.4. The van der Waals surface area contributed by atoms with Crippen LogP contribution >= 0.6 is 0 Å². The molecule has 3 aromatic carbocycles. The lowest BCUT2D eigenvalue weighted by molar-refractivity contribution is -0.143. The molecule has 4 unspecified atom stereocenters. The van der Waals surface area contributed by atoms with Crippen molar-refractivity contribution in [2.45, 2.75) is 70.3 Å². The molecule has 0 aliphatic rings. The minimum atomic E-state index is -1.24. The molecule has 0 saturated carbocycles. The molecule has 6 N–H and O–H groups in total. The first-order chi connectivity index (χ1) is 23.0. The van der Waals surface area contributed by atoms with Gasteiger partial charge in [0, 0.05) is 19.4 Å². The Morgan fingerprint density at radius 2 is 1.12 bits per heavy atom. The second kappa shape index (κ2) is 19.4. The monoisotopic (exact) mass is 660 g/mol. The molecule has 3 aromatic rings. The Morgan fingerprint density at radius 1 is 0.625 bits per heavy atom. The maximum atomic E-state index is 13.3. The number of benzene rings is 3. The van der Waals surface area contributed by atoms with E-state index in [4.69, 9.17) is 4.74 Å². The van der Waals surface area contributed by atoms with Crippen LogP contribution in [0.15, 0.2) is 91.0 Å². The summed E-state index contributed by atoms with van der Waals surface area (Å²) in [5.74, 6) is -3.65. The van der Waals surface area contributed by atoms with Crippen molar-refractivity contribution in [2.24, 2.45) is 5.92 Å². The molecule has 48 heavy (non-hydrogen) atoms. The molecular weight excluding hydrogens is 616 g/mol. The molecule has 3 amide bonds. The van der Waals surface area contributed by atoms with Gasteiger partial charge < -0.3 is 30.9 Å². The van der Waals surface area contributed by atoms with Gasteiger partial charge in [-0.15, -0.1) is 0 Å². The number of ether oxygens (including phenoxy) is 1. The van der Waals surface area contributed by atoms with E-state index in [1.807, 2.05) is 62.4 Å². The maximum absolute atomic E-state index is 13.3. The lowest BCUT2D eigenvalue weighted by Gasteiger charge is -2.26. The second-order valence-electron chi connectivity index (χ2n) is 11.9. The quantitative estimate of drug-likeness (QED) is 0.112. The van der Waals surface area contributed by atoms with Crippen LogP contribution in [0, 0.1) is 5.92 Å². The van der Waals surface area contributed by atoms with Gasteiger partial charge >= 0.3 is 18.0 Å². The van der Waals surface area contributed by atoms with Gasteiger partial charge in [0.05, 0.1) is 6.04 Å². The first-order valence-electron chi connectivity index (χ1n) is 15.9. The molecule has 0 bridgehead atoms. The first-order valence-corrected chi connectivity index (χ1v) is 15.9. The van der Waals surface area contributed by atoms with E-state index in [2.05, 4.69) is 21.3 Å². The summed E-state index contributed by atoms with van der Waals surface area (Å²) in [7, 11) is 0. The lowest BCUT2D eigenvalue weighted by atomic mass is 10.00. The predicted molar refractivity (Wildman–Crippen MR) is 179 cm³/mol. The van der Waals surface area contributed by atoms with E-state index < -0.39 is 54.0 Å². The van der Waals surface area contributed by atoms with Crippen LogP contribution in [0.25, 0.3) is 0 Å². The van der Waals surface area contributed by atoms with Crippen molar-refractivity contribution in [2.75, 3.05) is 6.54 Å². The van der Waals surface area contributed by atoms with E-state index in [1.54, 1.807) is 42.5 Å². The average Bonchev–Trinajstić information content (AvgIpc) is 3.06. The maximum Gasteiger partial charge on any atom is 0.408 e. The van der Waals surface area contributed by atoms with Gasteiger partial charge in [0.1, 0.15) is 24.7 Å². The number of carboxylic acid groups (broad SMARTS) is 2. The van der Waals surface area contributed by atoms with Crippen LogP contribution in [0.2, 0.25) is 0 Å². The van der Waals surface area contributed by atoms with E-state index in [1.165, 1.54) is 0 Å². The van der Waals surface area contributed by atoms with Gasteiger partial charge in [-0.3, -0.25) is 19.7 Å². The number of rotatable bonds is 19. The molecular formula is C36H44N4O8. The number of amides is 3. The molecule has 0 aliphatic carbocycles. The van der Waals surface area contributed by atoms with Crippen molar-refractivity contribution in [1.82, 2.24) is 21.3 Å². The number of alkyl carbamates (subject to hydrolysis) is 1. The fourth-order valence-corrected chi connectivity index (χ4v) is 4.99. The van der Waals surface area contributed by atoms with E-state index in [0.29, 0.717) is 0 Å². The zero-order chi connectivity index (χ0) is 34.9. The summed E-state index contributed by atoms with van der Waals surface area (Å²) in [6, 6.07) is 22.6. The van der Waals surface area contributed by atoms with Crippen LogP contribution in [0.1, 0.15) is 43.4 Å². The van der Waals surface area contributed by atoms with Gasteiger partial charge in [0.2, 0.25) is 11.8 Å². The topological polar surface area (TPSA) is 183 Å². The highest BCUT2D eigenvalue weighted by atomic mass is 16.5. The second-order valence-corrected chi connectivity index (χ2v) is 11.9. The van der Waals surface area contributed by atoms with Gasteiger partial charge in [0.15, 0.2) is 0 Å². The summed E-state index contributed by atoms with van der Waals surface area (Å²) in [4.78, 5) is 63.3. The number of carboxylic acids is 2. The minimum Gasteiger partial charge on any atom is -0.480 e. The summed E-state index contributed by atoms with van der Waals surface area (Å²) in [6.45, 7) is 3.65. The molecule has 256 valence electrons. The van der Waals surface area contributed by atoms with E-state index in [-0.39, 0.29) is 44.8 Å². The molecule has 0 saturated heterocycles. The van der Waals surface area contributed by atoms with Gasteiger partial charge in [-0.25, -0.2) is 9.59 Å². The van der Waals surface area contributed by atoms with E-state index in [9.17, 15) is 34.2 Å². The predicted octanol–water partition coefficient (Wildman–Crippen LogP) is 3.30. The molecule has 0 spiro atoms. The van der Waals surface area contributed by atoms with Gasteiger partial charge in [0.25, 0.3) is 0 Å². The fraction of sp³-hybridized carbons (Fsp3) is 0.361. The summed E-state index contributed by atoms with van der Waals surface area (Å²) >= 11 is 0. The van der Waals surface area contributed by atoms with Gasteiger partial charge in [-0.1, -0.05) is 105 Å². The Labute approximate surface area is 280 Å². The molecule has 0 heterocycles. The molecule has 12 heteroatoms. The number of carbonyl (C=O) groups is 5. The van der Waals surface area contributed by atoms with Crippen molar-refractivity contribution in [3.05, 3.63) is 108 Å². The van der Waals surface area contributed by atoms with Crippen molar-refractivity contribution in [1.29, 1.82) is 0 Å². The third kappa shape index (κ3) is 13.2. The molecule has 0 radical (unpaired) electrons. The SMILES string of the molecule is CC(C)CC(NC(CCNC(=O)C(Cc1ccccc1)NC(=O)OCc1ccccc1)C(=O)O)C(=O)NC(Cc1ccccc1)C(=O)O. The van der Waals surface area contributed by atoms with Crippen molar-refractivity contribution in [3.8, 4) is 0 Å². The summed E-state index contributed by atoms with van der Waals surface area (Å²) < 4.78 is 5.30. The summed E-state index contributed by atoms with van der Waals surface area (Å²) in [6.07, 6.45) is -0.407. The standard InChI is InChI=1S/C36H44N4O8/c1-24(2)20-29(33(42)39-31(35(45)46)22-26-14-8-4-9-15-26)38-28(34(43)44)18-19-37-32(41)30(21-25-12-6-3-7-13-25)40-36(47)48-23-27-16-10-5-11-17-27/h3-17,24,28-31,38H,18-23H2,1-2H3,(H,37,41)(H,39,42)(H,40,47)(H,43,44)(H,45,46). The molecule has 0 aromatic heterocycles. The zero-order valence-corrected chi connectivity index (χ0v) is 27.1. The summed E-state index contributed by atoms with van der Waals surface area (Å²) in [5, 5.41) is 30.4. The fourth-order valence-electron chi connectivity index (χ4n) is 4.99. The number of hydrogen-bond donors (Lipinski definition) is 6. The highest BCUT2D eigenvalue weighted by Gasteiger charge is 2.30. The number of carbonyl (C=O) groups excluding carboxylic acids is 3. The van der Waals surface area contributed by atoms with Gasteiger partial charge in [-0.2, -0.15) is 0 Å². The van der Waals surface area contributed by atoms with Crippen molar-refractivity contribution < 1.29 is 38.9 Å². The third-order valence-electron chi connectivity index (χ3n) is 7.46. The Morgan fingerprint density at radius 3 is 1.62 bits per heavy atom. The Balaban J connectivity index is 1.62. The lowest BCUT2D eigenvalue weighted by Crippen LogP contribution is -2.55. The van der Waals surface area contributed by atoms with Crippen LogP contribution in [0.3, 0.4) is 0 Å². The first kappa shape index (κ1) is 37.2.